The summed E-state index contributed by atoms with van der Waals surface area (Å²) in [5, 5.41) is -0.811. The Labute approximate surface area is 139 Å². The molecule has 2 aromatic heterocycles. The molecule has 0 aliphatic heterocycles. The Hall–Kier alpha value is -1.44. The van der Waals surface area contributed by atoms with E-state index >= 15 is 0 Å². The first kappa shape index (κ1) is 16.9. The molecule has 0 spiro atoms. The topological polar surface area (TPSA) is 78.4 Å². The number of halogens is 3. The van der Waals surface area contributed by atoms with E-state index in [-0.39, 0.29) is 26.7 Å². The zero-order chi connectivity index (χ0) is 16.3. The fourth-order valence-electron chi connectivity index (χ4n) is 1.46. The lowest BCUT2D eigenvalue weighted by Crippen LogP contribution is -2.22. The van der Waals surface area contributed by atoms with Crippen LogP contribution < -0.4 is 10.5 Å². The van der Waals surface area contributed by atoms with Crippen LogP contribution in [-0.2, 0) is 10.5 Å². The summed E-state index contributed by atoms with van der Waals surface area (Å²) in [6.07, 6.45) is 0.619. The van der Waals surface area contributed by atoms with Crippen molar-refractivity contribution >= 4 is 45.8 Å². The molecule has 0 bridgehead atoms. The number of carbonyl (C=O) groups excluding carboxylic acids is 1. The molecular weight excluding hydrogens is 354 g/mol. The van der Waals surface area contributed by atoms with Crippen LogP contribution in [0.2, 0.25) is 10.0 Å². The van der Waals surface area contributed by atoms with Crippen molar-refractivity contribution in [2.75, 3.05) is 5.73 Å². The van der Waals surface area contributed by atoms with E-state index in [1.807, 2.05) is 0 Å². The van der Waals surface area contributed by atoms with Gasteiger partial charge >= 0.3 is 0 Å². The van der Waals surface area contributed by atoms with Crippen molar-refractivity contribution in [3.8, 4) is 5.88 Å². The summed E-state index contributed by atoms with van der Waals surface area (Å²) in [6, 6.07) is 3.47. The zero-order valence-corrected chi connectivity index (χ0v) is 13.6. The van der Waals surface area contributed by atoms with Gasteiger partial charge < -0.3 is 14.9 Å². The highest BCUT2D eigenvalue weighted by Gasteiger charge is 2.22. The number of aromatic nitrogens is 1. The minimum Gasteiger partial charge on any atom is -0.468 e. The van der Waals surface area contributed by atoms with Crippen molar-refractivity contribution in [1.29, 1.82) is 0 Å². The van der Waals surface area contributed by atoms with E-state index in [2.05, 4.69) is 4.98 Å². The normalized spacial score (nSPS) is 12.2. The largest absolute Gasteiger partial charge is 0.468 e. The molecule has 0 radical (unpaired) electrons. The van der Waals surface area contributed by atoms with Crippen molar-refractivity contribution in [3.63, 3.8) is 0 Å². The van der Waals surface area contributed by atoms with Crippen molar-refractivity contribution in [2.45, 2.75) is 18.8 Å². The minimum atomic E-state index is -1.01. The SMILES string of the molecule is C[C@@H](Oc1nc(F)c(Cl)c(N)c1Cl)C(=O)SCc1ccco1. The van der Waals surface area contributed by atoms with Crippen LogP contribution >= 0.6 is 35.0 Å². The van der Waals surface area contributed by atoms with Crippen LogP contribution in [0.15, 0.2) is 22.8 Å². The van der Waals surface area contributed by atoms with Gasteiger partial charge in [-0.15, -0.1) is 0 Å². The van der Waals surface area contributed by atoms with Crippen molar-refractivity contribution < 1.29 is 18.3 Å². The van der Waals surface area contributed by atoms with E-state index in [0.29, 0.717) is 11.5 Å². The summed E-state index contributed by atoms with van der Waals surface area (Å²) in [4.78, 5) is 15.4. The number of hydrogen-bond acceptors (Lipinski definition) is 6. The summed E-state index contributed by atoms with van der Waals surface area (Å²) in [5.41, 5.74) is 5.35. The lowest BCUT2D eigenvalue weighted by atomic mass is 10.4. The number of hydrogen-bond donors (Lipinski definition) is 1. The molecule has 2 rings (SSSR count). The third-order valence-electron chi connectivity index (χ3n) is 2.60. The van der Waals surface area contributed by atoms with Gasteiger partial charge in [0.15, 0.2) is 6.10 Å². The first-order valence-corrected chi connectivity index (χ1v) is 7.80. The summed E-state index contributed by atoms with van der Waals surface area (Å²) in [5.74, 6) is -0.275. The Kier molecular flexibility index (Phi) is 5.55. The average Bonchev–Trinajstić information content (AvgIpc) is 3.01. The number of nitrogens with two attached hydrogens (primary N) is 1. The van der Waals surface area contributed by atoms with Crippen LogP contribution in [-0.4, -0.2) is 16.2 Å². The fourth-order valence-corrected chi connectivity index (χ4v) is 2.56. The molecule has 2 N–H and O–H groups in total. The van der Waals surface area contributed by atoms with E-state index in [1.54, 1.807) is 12.1 Å². The second kappa shape index (κ2) is 7.21. The van der Waals surface area contributed by atoms with Crippen LogP contribution in [0.4, 0.5) is 10.1 Å². The van der Waals surface area contributed by atoms with E-state index < -0.39 is 12.1 Å². The first-order valence-electron chi connectivity index (χ1n) is 6.05. The maximum absolute atomic E-state index is 13.4. The van der Waals surface area contributed by atoms with Crippen molar-refractivity contribution in [3.05, 3.63) is 40.1 Å². The molecule has 0 amide bonds. The van der Waals surface area contributed by atoms with Gasteiger partial charge in [-0.2, -0.15) is 9.37 Å². The third-order valence-corrected chi connectivity index (χ3v) is 4.37. The van der Waals surface area contributed by atoms with Crippen LogP contribution in [0.5, 0.6) is 5.88 Å². The molecule has 0 saturated heterocycles. The molecule has 0 saturated carbocycles. The maximum atomic E-state index is 13.4. The molecule has 0 aliphatic carbocycles. The molecular formula is C13H11Cl2FN2O3S. The fraction of sp³-hybridized carbons (Fsp3) is 0.231. The highest BCUT2D eigenvalue weighted by Crippen LogP contribution is 2.35. The summed E-state index contributed by atoms with van der Waals surface area (Å²) in [7, 11) is 0. The smallest absolute Gasteiger partial charge is 0.238 e. The molecule has 1 atom stereocenters. The van der Waals surface area contributed by atoms with Gasteiger partial charge in [-0.1, -0.05) is 35.0 Å². The molecule has 0 aromatic carbocycles. The van der Waals surface area contributed by atoms with Gasteiger partial charge in [0, 0.05) is 0 Å². The standard InChI is InChI=1S/C13H11Cl2FN2O3S/c1-6(13(19)22-5-7-3-2-4-20-7)21-12-9(15)10(17)8(14)11(16)18-12/h2-4,6H,5H2,1H3,(H2,17,18)/t6-/m1/s1. The lowest BCUT2D eigenvalue weighted by molar-refractivity contribution is -0.116. The zero-order valence-electron chi connectivity index (χ0n) is 11.3. The average molecular weight is 365 g/mol. The molecule has 2 heterocycles. The highest BCUT2D eigenvalue weighted by atomic mass is 35.5. The van der Waals surface area contributed by atoms with E-state index in [4.69, 9.17) is 38.1 Å². The van der Waals surface area contributed by atoms with Gasteiger partial charge in [-0.25, -0.2) is 0 Å². The summed E-state index contributed by atoms with van der Waals surface area (Å²) in [6.45, 7) is 1.50. The first-order chi connectivity index (χ1) is 10.4. The van der Waals surface area contributed by atoms with E-state index in [9.17, 15) is 9.18 Å². The number of nitrogens with zero attached hydrogens (tertiary/aromatic N) is 1. The third kappa shape index (κ3) is 3.85. The number of furan rings is 1. The predicted octanol–water partition coefficient (Wildman–Crippen LogP) is 3.93. The number of anilines is 1. The van der Waals surface area contributed by atoms with Crippen molar-refractivity contribution in [2.24, 2.45) is 0 Å². The Morgan fingerprint density at radius 1 is 1.55 bits per heavy atom. The van der Waals surface area contributed by atoms with Gasteiger partial charge in [0.1, 0.15) is 15.8 Å². The molecule has 5 nitrogen and oxygen atoms in total. The number of pyridine rings is 1. The molecule has 2 aromatic rings. The molecule has 22 heavy (non-hydrogen) atoms. The Balaban J connectivity index is 2.02. The van der Waals surface area contributed by atoms with Crippen LogP contribution in [0.25, 0.3) is 0 Å². The van der Waals surface area contributed by atoms with Crippen molar-refractivity contribution in [1.82, 2.24) is 4.98 Å². The van der Waals surface area contributed by atoms with Crippen LogP contribution in [0.3, 0.4) is 0 Å². The van der Waals surface area contributed by atoms with E-state index in [0.717, 1.165) is 11.8 Å². The number of thioether (sulfide) groups is 1. The molecule has 9 heteroatoms. The highest BCUT2D eigenvalue weighted by molar-refractivity contribution is 8.13. The van der Waals surface area contributed by atoms with Gasteiger partial charge in [-0.05, 0) is 19.1 Å². The maximum Gasteiger partial charge on any atom is 0.238 e. The number of nitrogen functional groups attached to an aromatic ring is 1. The summed E-state index contributed by atoms with van der Waals surface area (Å²) >= 11 is 12.5. The molecule has 0 aliphatic rings. The number of ether oxygens (including phenoxy) is 1. The molecule has 118 valence electrons. The summed E-state index contributed by atoms with van der Waals surface area (Å²) < 4.78 is 23.8. The van der Waals surface area contributed by atoms with Crippen LogP contribution in [0.1, 0.15) is 12.7 Å². The Bertz CT molecular complexity index is 682. The van der Waals surface area contributed by atoms with Gasteiger partial charge in [0.25, 0.3) is 0 Å². The predicted molar refractivity (Wildman–Crippen MR) is 83.7 cm³/mol. The molecule has 0 unspecified atom stereocenters. The van der Waals surface area contributed by atoms with E-state index in [1.165, 1.54) is 13.2 Å². The molecule has 0 fully saturated rings. The number of carbonyl (C=O) groups is 1. The second-order valence-electron chi connectivity index (χ2n) is 4.20. The Morgan fingerprint density at radius 3 is 2.91 bits per heavy atom. The van der Waals surface area contributed by atoms with Crippen LogP contribution in [0, 0.1) is 5.95 Å². The minimum absolute atomic E-state index is 0.137. The van der Waals surface area contributed by atoms with Gasteiger partial charge in [0.05, 0.1) is 17.7 Å². The van der Waals surface area contributed by atoms with Gasteiger partial charge in [-0.3, -0.25) is 4.79 Å². The van der Waals surface area contributed by atoms with Gasteiger partial charge in [0.2, 0.25) is 16.9 Å². The quantitative estimate of drug-likeness (QED) is 0.809. The number of rotatable bonds is 5. The second-order valence-corrected chi connectivity index (χ2v) is 5.93. The lowest BCUT2D eigenvalue weighted by Gasteiger charge is -2.14. The Morgan fingerprint density at radius 2 is 2.27 bits per heavy atom. The monoisotopic (exact) mass is 364 g/mol.